The van der Waals surface area contributed by atoms with Crippen molar-refractivity contribution in [2.75, 3.05) is 0 Å². The maximum atomic E-state index is 12.3. The van der Waals surface area contributed by atoms with Gasteiger partial charge in [-0.1, -0.05) is 18.2 Å². The third kappa shape index (κ3) is 3.30. The van der Waals surface area contributed by atoms with E-state index in [1.54, 1.807) is 19.1 Å². The summed E-state index contributed by atoms with van der Waals surface area (Å²) >= 11 is 1.13. The zero-order valence-electron chi connectivity index (χ0n) is 12.0. The van der Waals surface area contributed by atoms with Crippen molar-refractivity contribution >= 4 is 27.3 Å². The summed E-state index contributed by atoms with van der Waals surface area (Å²) in [6, 6.07) is 9.07. The maximum absolute atomic E-state index is 12.3. The zero-order chi connectivity index (χ0) is 16.4. The summed E-state index contributed by atoms with van der Waals surface area (Å²) in [7, 11) is -3.99. The van der Waals surface area contributed by atoms with Gasteiger partial charge in [-0.25, -0.2) is 22.8 Å². The number of sulfonamides is 1. The van der Waals surface area contributed by atoms with Crippen LogP contribution in [0, 0.1) is 6.92 Å². The molecule has 9 heteroatoms. The number of amides is 1. The Hall–Kier alpha value is -2.52. The number of hydrogen-bond acceptors (Lipinski definition) is 6. The predicted octanol–water partition coefficient (Wildman–Crippen LogP) is 1.76. The number of benzene rings is 1. The van der Waals surface area contributed by atoms with E-state index in [0.717, 1.165) is 17.0 Å². The molecule has 0 spiro atoms. The van der Waals surface area contributed by atoms with Crippen LogP contribution in [0.15, 0.2) is 53.8 Å². The van der Waals surface area contributed by atoms with Crippen molar-refractivity contribution in [2.24, 2.45) is 0 Å². The summed E-state index contributed by atoms with van der Waals surface area (Å²) in [6.45, 7) is 1.74. The maximum Gasteiger partial charge on any atom is 0.276 e. The molecular weight excluding hydrogens is 336 g/mol. The Morgan fingerprint density at radius 3 is 2.61 bits per heavy atom. The molecule has 0 saturated carbocycles. The molecule has 0 aliphatic heterocycles. The average molecular weight is 348 g/mol. The lowest BCUT2D eigenvalue weighted by molar-refractivity contribution is 0.0985. The van der Waals surface area contributed by atoms with Gasteiger partial charge in [0.1, 0.15) is 9.77 Å². The molecule has 2 heterocycles. The molecule has 1 aromatic carbocycles. The van der Waals surface area contributed by atoms with Crippen molar-refractivity contribution in [1.29, 1.82) is 0 Å². The van der Waals surface area contributed by atoms with E-state index in [-0.39, 0.29) is 9.77 Å². The highest BCUT2D eigenvalue weighted by atomic mass is 32.2. The molecule has 7 nitrogen and oxygen atoms in total. The van der Waals surface area contributed by atoms with Crippen molar-refractivity contribution in [1.82, 2.24) is 19.5 Å². The van der Waals surface area contributed by atoms with E-state index in [2.05, 4.69) is 10.1 Å². The van der Waals surface area contributed by atoms with E-state index in [1.165, 1.54) is 23.3 Å². The van der Waals surface area contributed by atoms with E-state index >= 15 is 0 Å². The summed E-state index contributed by atoms with van der Waals surface area (Å²) in [5.41, 5.74) is 0.721. The first-order chi connectivity index (χ1) is 11.0. The molecule has 0 atom stereocenters. The molecule has 2 aromatic heterocycles. The smallest absolute Gasteiger partial charge is 0.267 e. The van der Waals surface area contributed by atoms with Crippen molar-refractivity contribution in [3.63, 3.8) is 0 Å². The lowest BCUT2D eigenvalue weighted by Gasteiger charge is -2.03. The van der Waals surface area contributed by atoms with Gasteiger partial charge in [0.25, 0.3) is 15.9 Å². The fourth-order valence-electron chi connectivity index (χ4n) is 1.86. The van der Waals surface area contributed by atoms with Crippen LogP contribution in [-0.4, -0.2) is 29.1 Å². The number of nitrogens with zero attached hydrogens (tertiary/aromatic N) is 3. The predicted molar refractivity (Wildman–Crippen MR) is 85.1 cm³/mol. The number of aromatic nitrogens is 3. The van der Waals surface area contributed by atoms with Crippen LogP contribution in [0.2, 0.25) is 0 Å². The van der Waals surface area contributed by atoms with E-state index in [1.807, 2.05) is 22.9 Å². The summed E-state index contributed by atoms with van der Waals surface area (Å²) in [4.78, 5) is 16.1. The van der Waals surface area contributed by atoms with Crippen LogP contribution < -0.4 is 4.72 Å². The minimum atomic E-state index is -3.99. The van der Waals surface area contributed by atoms with Crippen LogP contribution in [0.5, 0.6) is 0 Å². The van der Waals surface area contributed by atoms with Crippen LogP contribution in [0.1, 0.15) is 14.7 Å². The molecule has 3 aromatic rings. The van der Waals surface area contributed by atoms with Gasteiger partial charge in [-0.05, 0) is 19.1 Å². The minimum absolute atomic E-state index is 0.0871. The standard InChI is InChI=1S/C14H12N4O3S2/c1-10-15-8-13(22-10)14(19)17-23(20,21)12-7-16-18(9-12)11-5-3-2-4-6-11/h2-9H,1H3,(H,17,19). The monoisotopic (exact) mass is 348 g/mol. The zero-order valence-corrected chi connectivity index (χ0v) is 13.6. The molecule has 3 rings (SSSR count). The second-order valence-electron chi connectivity index (χ2n) is 4.63. The summed E-state index contributed by atoms with van der Waals surface area (Å²) in [5, 5.41) is 4.70. The van der Waals surface area contributed by atoms with Crippen LogP contribution in [-0.2, 0) is 10.0 Å². The van der Waals surface area contributed by atoms with Gasteiger partial charge in [-0.3, -0.25) is 4.79 Å². The van der Waals surface area contributed by atoms with E-state index < -0.39 is 15.9 Å². The van der Waals surface area contributed by atoms with Crippen LogP contribution >= 0.6 is 11.3 Å². The van der Waals surface area contributed by atoms with Crippen molar-refractivity contribution < 1.29 is 13.2 Å². The van der Waals surface area contributed by atoms with Gasteiger partial charge < -0.3 is 0 Å². The van der Waals surface area contributed by atoms with Crippen molar-refractivity contribution in [3.05, 3.63) is 58.8 Å². The van der Waals surface area contributed by atoms with E-state index in [4.69, 9.17) is 0 Å². The quantitative estimate of drug-likeness (QED) is 0.775. The highest BCUT2D eigenvalue weighted by Crippen LogP contribution is 2.15. The van der Waals surface area contributed by atoms with Gasteiger partial charge in [0, 0.05) is 0 Å². The molecule has 118 valence electrons. The average Bonchev–Trinajstić information content (AvgIpc) is 3.17. The fourth-order valence-corrected chi connectivity index (χ4v) is 3.50. The van der Waals surface area contributed by atoms with Gasteiger partial charge >= 0.3 is 0 Å². The number of hydrogen-bond donors (Lipinski definition) is 1. The Kier molecular flexibility index (Phi) is 3.97. The molecule has 0 bridgehead atoms. The molecular formula is C14H12N4O3S2. The molecule has 0 radical (unpaired) electrons. The van der Waals surface area contributed by atoms with Gasteiger partial charge in [0.15, 0.2) is 0 Å². The lowest BCUT2D eigenvalue weighted by Crippen LogP contribution is -2.29. The Bertz CT molecular complexity index is 945. The number of aryl methyl sites for hydroxylation is 1. The fraction of sp³-hybridized carbons (Fsp3) is 0.0714. The van der Waals surface area contributed by atoms with Gasteiger partial charge in [0.05, 0.1) is 29.3 Å². The summed E-state index contributed by atoms with van der Waals surface area (Å²) < 4.78 is 28.0. The molecule has 23 heavy (non-hydrogen) atoms. The topological polar surface area (TPSA) is 93.9 Å². The molecule has 0 aliphatic carbocycles. The highest BCUT2D eigenvalue weighted by molar-refractivity contribution is 7.90. The Morgan fingerprint density at radius 2 is 1.96 bits per heavy atom. The Balaban J connectivity index is 1.83. The van der Waals surface area contributed by atoms with Crippen molar-refractivity contribution in [2.45, 2.75) is 11.8 Å². The number of carbonyl (C=O) groups is 1. The van der Waals surface area contributed by atoms with Gasteiger partial charge in [-0.15, -0.1) is 11.3 Å². The number of carbonyl (C=O) groups excluding carboxylic acids is 1. The summed E-state index contributed by atoms with van der Waals surface area (Å²) in [5.74, 6) is -0.705. The Labute approximate surface area is 136 Å². The van der Waals surface area contributed by atoms with Crippen LogP contribution in [0.3, 0.4) is 0 Å². The van der Waals surface area contributed by atoms with Gasteiger partial charge in [0.2, 0.25) is 0 Å². The molecule has 0 unspecified atom stereocenters. The largest absolute Gasteiger partial charge is 0.276 e. The normalized spacial score (nSPS) is 11.3. The SMILES string of the molecule is Cc1ncc(C(=O)NS(=O)(=O)c2cnn(-c3ccccc3)c2)s1. The number of nitrogens with one attached hydrogen (secondary N) is 1. The lowest BCUT2D eigenvalue weighted by atomic mass is 10.3. The Morgan fingerprint density at radius 1 is 1.22 bits per heavy atom. The first-order valence-corrected chi connectivity index (χ1v) is 8.85. The third-order valence-electron chi connectivity index (χ3n) is 2.96. The molecule has 1 N–H and O–H groups in total. The van der Waals surface area contributed by atoms with Gasteiger partial charge in [-0.2, -0.15) is 5.10 Å². The third-order valence-corrected chi connectivity index (χ3v) is 5.16. The first-order valence-electron chi connectivity index (χ1n) is 6.55. The minimum Gasteiger partial charge on any atom is -0.267 e. The highest BCUT2D eigenvalue weighted by Gasteiger charge is 2.22. The number of thiazole rings is 1. The number of rotatable bonds is 4. The van der Waals surface area contributed by atoms with Crippen molar-refractivity contribution in [3.8, 4) is 5.69 Å². The molecule has 0 aliphatic rings. The molecule has 1 amide bonds. The second-order valence-corrected chi connectivity index (χ2v) is 7.55. The van der Waals surface area contributed by atoms with E-state index in [9.17, 15) is 13.2 Å². The second kappa shape index (κ2) is 5.94. The molecule has 0 fully saturated rings. The van der Waals surface area contributed by atoms with E-state index in [0.29, 0.717) is 5.01 Å². The van der Waals surface area contributed by atoms with Crippen LogP contribution in [0.25, 0.3) is 5.69 Å². The number of para-hydroxylation sites is 1. The van der Waals surface area contributed by atoms with Crippen LogP contribution in [0.4, 0.5) is 0 Å². The summed E-state index contributed by atoms with van der Waals surface area (Å²) in [6.07, 6.45) is 3.89. The molecule has 0 saturated heterocycles. The first kappa shape index (κ1) is 15.4.